The fraction of sp³-hybridized carbons (Fsp3) is 0.647. The molecule has 1 aliphatic heterocycles. The van der Waals surface area contributed by atoms with Crippen LogP contribution in [0.4, 0.5) is 0 Å². The third-order valence-electron chi connectivity index (χ3n) is 4.36. The molecule has 1 aromatic rings. The van der Waals surface area contributed by atoms with Crippen molar-refractivity contribution in [2.45, 2.75) is 38.7 Å². The molecule has 2 rings (SSSR count). The van der Waals surface area contributed by atoms with E-state index in [0.29, 0.717) is 30.4 Å². The van der Waals surface area contributed by atoms with E-state index < -0.39 is 5.60 Å². The van der Waals surface area contributed by atoms with Crippen LogP contribution in [0.3, 0.4) is 0 Å². The van der Waals surface area contributed by atoms with E-state index in [1.807, 2.05) is 12.1 Å². The Bertz CT molecular complexity index is 572. The van der Waals surface area contributed by atoms with Crippen LogP contribution in [0.2, 0.25) is 0 Å². The van der Waals surface area contributed by atoms with E-state index >= 15 is 0 Å². The Balaban J connectivity index is 2.51. The van der Waals surface area contributed by atoms with E-state index in [9.17, 15) is 10.1 Å². The van der Waals surface area contributed by atoms with Crippen LogP contribution in [0.1, 0.15) is 37.8 Å². The van der Waals surface area contributed by atoms with E-state index in [-0.39, 0.29) is 11.5 Å². The van der Waals surface area contributed by atoms with Crippen molar-refractivity contribution >= 4 is 0 Å². The van der Waals surface area contributed by atoms with Gasteiger partial charge in [0.15, 0.2) is 17.1 Å². The van der Waals surface area contributed by atoms with Crippen molar-refractivity contribution in [2.24, 2.45) is 5.92 Å². The summed E-state index contributed by atoms with van der Waals surface area (Å²) in [5.41, 5.74) is 1.01. The van der Waals surface area contributed by atoms with Crippen molar-refractivity contribution in [3.8, 4) is 11.5 Å². The molecule has 1 unspecified atom stereocenters. The molecule has 0 spiro atoms. The van der Waals surface area contributed by atoms with Crippen LogP contribution in [0.25, 0.3) is 0 Å². The molecular weight excluding hydrogens is 298 g/mol. The smallest absolute Gasteiger partial charge is 0.236 e. The Morgan fingerprint density at radius 2 is 1.96 bits per heavy atom. The first-order chi connectivity index (χ1) is 10.9. The number of ether oxygens (including phenoxy) is 3. The van der Waals surface area contributed by atoms with Gasteiger partial charge < -0.3 is 14.2 Å². The van der Waals surface area contributed by atoms with Crippen LogP contribution in [-0.2, 0) is 16.8 Å². The van der Waals surface area contributed by atoms with Crippen LogP contribution in [0.15, 0.2) is 12.1 Å². The average molecular weight is 323 g/mol. The molecule has 0 radical (unpaired) electrons. The van der Waals surface area contributed by atoms with Gasteiger partial charge >= 0.3 is 0 Å². The standard InChI is InChI=1S/C17H25NO5/c1-12(2)5-7-17(11-18(19)20)14-10-16(22-4)15(21-3)9-13(14)6-8-23-17/h9-10,12H,5-8,11H2,1-4H3. The monoisotopic (exact) mass is 323 g/mol. The van der Waals surface area contributed by atoms with E-state index in [1.165, 1.54) is 0 Å². The number of benzene rings is 1. The first kappa shape index (κ1) is 17.5. The molecule has 6 nitrogen and oxygen atoms in total. The Hall–Kier alpha value is -1.82. The number of fused-ring (bicyclic) bond motifs is 1. The van der Waals surface area contributed by atoms with Gasteiger partial charge in [-0.2, -0.15) is 0 Å². The fourth-order valence-corrected chi connectivity index (χ4v) is 3.13. The lowest BCUT2D eigenvalue weighted by Crippen LogP contribution is -2.42. The van der Waals surface area contributed by atoms with Crippen LogP contribution in [-0.4, -0.2) is 32.3 Å². The lowest BCUT2D eigenvalue weighted by Gasteiger charge is -2.37. The highest BCUT2D eigenvalue weighted by atomic mass is 16.6. The zero-order valence-corrected chi connectivity index (χ0v) is 14.3. The SMILES string of the molecule is COc1cc2c(cc1OC)C(CCC(C)C)(C[N+](=O)[O-])OCC2. The molecule has 0 aliphatic carbocycles. The molecule has 0 fully saturated rings. The molecule has 0 saturated carbocycles. The number of hydrogen-bond donors (Lipinski definition) is 0. The maximum atomic E-state index is 11.3. The summed E-state index contributed by atoms with van der Waals surface area (Å²) in [6.45, 7) is 4.47. The Morgan fingerprint density at radius 3 is 2.52 bits per heavy atom. The minimum atomic E-state index is -0.888. The highest BCUT2D eigenvalue weighted by Crippen LogP contribution is 2.43. The Morgan fingerprint density at radius 1 is 1.30 bits per heavy atom. The number of hydrogen-bond acceptors (Lipinski definition) is 5. The third-order valence-corrected chi connectivity index (χ3v) is 4.36. The number of methoxy groups -OCH3 is 2. The Kier molecular flexibility index (Phi) is 5.46. The van der Waals surface area contributed by atoms with Gasteiger partial charge in [-0.3, -0.25) is 10.1 Å². The molecule has 0 N–H and O–H groups in total. The van der Waals surface area contributed by atoms with Crippen molar-refractivity contribution < 1.29 is 19.1 Å². The first-order valence-corrected chi connectivity index (χ1v) is 7.93. The van der Waals surface area contributed by atoms with Crippen LogP contribution >= 0.6 is 0 Å². The first-order valence-electron chi connectivity index (χ1n) is 7.93. The van der Waals surface area contributed by atoms with E-state index in [1.54, 1.807) is 14.2 Å². The van der Waals surface area contributed by atoms with Crippen molar-refractivity contribution in [1.82, 2.24) is 0 Å². The van der Waals surface area contributed by atoms with E-state index in [2.05, 4.69) is 13.8 Å². The van der Waals surface area contributed by atoms with Gasteiger partial charge in [0, 0.05) is 4.92 Å². The zero-order chi connectivity index (χ0) is 17.0. The molecular formula is C17H25NO5. The van der Waals surface area contributed by atoms with Crippen molar-refractivity contribution in [3.05, 3.63) is 33.4 Å². The number of nitro groups is 1. The highest BCUT2D eigenvalue weighted by Gasteiger charge is 2.43. The largest absolute Gasteiger partial charge is 0.493 e. The average Bonchev–Trinajstić information content (AvgIpc) is 2.51. The predicted molar refractivity (Wildman–Crippen MR) is 86.8 cm³/mol. The van der Waals surface area contributed by atoms with Gasteiger partial charge in [-0.05, 0) is 48.4 Å². The van der Waals surface area contributed by atoms with Crippen molar-refractivity contribution in [1.29, 1.82) is 0 Å². The van der Waals surface area contributed by atoms with E-state index in [4.69, 9.17) is 14.2 Å². The van der Waals surface area contributed by atoms with Gasteiger partial charge in [0.2, 0.25) is 6.54 Å². The minimum absolute atomic E-state index is 0.234. The molecule has 0 bridgehead atoms. The van der Waals surface area contributed by atoms with Gasteiger partial charge in [0.05, 0.1) is 20.8 Å². The van der Waals surface area contributed by atoms with Crippen molar-refractivity contribution in [3.63, 3.8) is 0 Å². The lowest BCUT2D eigenvalue weighted by atomic mass is 9.81. The molecule has 1 heterocycles. The topological polar surface area (TPSA) is 70.8 Å². The van der Waals surface area contributed by atoms with Crippen LogP contribution < -0.4 is 9.47 Å². The molecule has 0 aromatic heterocycles. The molecule has 0 amide bonds. The van der Waals surface area contributed by atoms with Gasteiger partial charge in [-0.1, -0.05) is 13.8 Å². The quantitative estimate of drug-likeness (QED) is 0.569. The summed E-state index contributed by atoms with van der Waals surface area (Å²) in [7, 11) is 3.16. The molecule has 0 saturated heterocycles. The molecule has 128 valence electrons. The maximum absolute atomic E-state index is 11.3. The summed E-state index contributed by atoms with van der Waals surface area (Å²) in [6, 6.07) is 3.76. The second-order valence-corrected chi connectivity index (χ2v) is 6.38. The van der Waals surface area contributed by atoms with Crippen LogP contribution in [0.5, 0.6) is 11.5 Å². The summed E-state index contributed by atoms with van der Waals surface area (Å²) in [5, 5.41) is 11.3. The zero-order valence-electron chi connectivity index (χ0n) is 14.3. The normalized spacial score (nSPS) is 20.2. The summed E-state index contributed by atoms with van der Waals surface area (Å²) >= 11 is 0. The van der Waals surface area contributed by atoms with Gasteiger partial charge in [0.1, 0.15) is 0 Å². The molecule has 23 heavy (non-hydrogen) atoms. The van der Waals surface area contributed by atoms with E-state index in [0.717, 1.165) is 24.0 Å². The summed E-state index contributed by atoms with van der Waals surface area (Å²) < 4.78 is 16.7. The third kappa shape index (κ3) is 3.75. The second-order valence-electron chi connectivity index (χ2n) is 6.38. The molecule has 6 heteroatoms. The second kappa shape index (κ2) is 7.17. The van der Waals surface area contributed by atoms with Gasteiger partial charge in [-0.25, -0.2) is 0 Å². The number of nitrogens with zero attached hydrogens (tertiary/aromatic N) is 1. The highest BCUT2D eigenvalue weighted by molar-refractivity contribution is 5.50. The number of rotatable bonds is 7. The molecule has 1 aromatic carbocycles. The Labute approximate surface area is 136 Å². The van der Waals surface area contributed by atoms with Gasteiger partial charge in [-0.15, -0.1) is 0 Å². The van der Waals surface area contributed by atoms with Crippen LogP contribution in [0, 0.1) is 16.0 Å². The lowest BCUT2D eigenvalue weighted by molar-refractivity contribution is -0.505. The fourth-order valence-electron chi connectivity index (χ4n) is 3.13. The molecule has 1 atom stereocenters. The summed E-state index contributed by atoms with van der Waals surface area (Å²) in [4.78, 5) is 11.0. The van der Waals surface area contributed by atoms with Crippen molar-refractivity contribution in [2.75, 3.05) is 27.4 Å². The predicted octanol–water partition coefficient (Wildman–Crippen LogP) is 3.18. The molecule has 1 aliphatic rings. The summed E-state index contributed by atoms with van der Waals surface area (Å²) in [5.74, 6) is 1.67. The maximum Gasteiger partial charge on any atom is 0.236 e. The summed E-state index contributed by atoms with van der Waals surface area (Å²) in [6.07, 6.45) is 2.20. The van der Waals surface area contributed by atoms with Gasteiger partial charge in [0.25, 0.3) is 0 Å². The minimum Gasteiger partial charge on any atom is -0.493 e.